The van der Waals surface area contributed by atoms with E-state index in [-0.39, 0.29) is 0 Å². The first-order valence-corrected chi connectivity index (χ1v) is 7.32. The summed E-state index contributed by atoms with van der Waals surface area (Å²) in [6.45, 7) is 6.82. The average molecular weight is 249 g/mol. The summed E-state index contributed by atoms with van der Waals surface area (Å²) >= 11 is 0. The number of nitrogens with zero attached hydrogens (tertiary/aromatic N) is 2. The molecule has 3 nitrogen and oxygen atoms in total. The number of hydrogen-bond acceptors (Lipinski definition) is 2. The number of hydrogen-bond donors (Lipinski definition) is 1. The molecule has 0 amide bonds. The first-order valence-electron chi connectivity index (χ1n) is 7.32. The van der Waals surface area contributed by atoms with Gasteiger partial charge in [-0.05, 0) is 31.6 Å². The van der Waals surface area contributed by atoms with Gasteiger partial charge >= 0.3 is 0 Å². The highest BCUT2D eigenvalue weighted by molar-refractivity contribution is 5.46. The SMILES string of the molecule is CCc1c(C2(CC(C)C)CCCC2)nn(C)c1N. The molecule has 0 bridgehead atoms. The van der Waals surface area contributed by atoms with Crippen molar-refractivity contribution in [1.29, 1.82) is 0 Å². The highest BCUT2D eigenvalue weighted by atomic mass is 15.3. The number of nitrogens with two attached hydrogens (primary N) is 1. The summed E-state index contributed by atoms with van der Waals surface area (Å²) < 4.78 is 1.87. The maximum atomic E-state index is 6.17. The zero-order valence-corrected chi connectivity index (χ0v) is 12.3. The quantitative estimate of drug-likeness (QED) is 0.888. The van der Waals surface area contributed by atoms with Crippen molar-refractivity contribution in [3.8, 4) is 0 Å². The van der Waals surface area contributed by atoms with E-state index in [9.17, 15) is 0 Å². The monoisotopic (exact) mass is 249 g/mol. The molecule has 0 atom stereocenters. The third-order valence-corrected chi connectivity index (χ3v) is 4.41. The lowest BCUT2D eigenvalue weighted by atomic mass is 9.74. The van der Waals surface area contributed by atoms with Crippen LogP contribution >= 0.6 is 0 Å². The highest BCUT2D eigenvalue weighted by Crippen LogP contribution is 2.47. The summed E-state index contributed by atoms with van der Waals surface area (Å²) in [4.78, 5) is 0. The lowest BCUT2D eigenvalue weighted by molar-refractivity contribution is 0.334. The molecule has 1 fully saturated rings. The molecule has 18 heavy (non-hydrogen) atoms. The van der Waals surface area contributed by atoms with Crippen LogP contribution in [0.4, 0.5) is 5.82 Å². The molecule has 2 N–H and O–H groups in total. The van der Waals surface area contributed by atoms with Crippen LogP contribution in [0.5, 0.6) is 0 Å². The van der Waals surface area contributed by atoms with Gasteiger partial charge in [-0.1, -0.05) is 33.6 Å². The molecule has 1 aliphatic rings. The van der Waals surface area contributed by atoms with Crippen molar-refractivity contribution >= 4 is 5.82 Å². The van der Waals surface area contributed by atoms with Crippen LogP contribution in [0, 0.1) is 5.92 Å². The van der Waals surface area contributed by atoms with Gasteiger partial charge in [-0.15, -0.1) is 0 Å². The van der Waals surface area contributed by atoms with Gasteiger partial charge in [-0.2, -0.15) is 5.10 Å². The van der Waals surface area contributed by atoms with Crippen LogP contribution in [0.25, 0.3) is 0 Å². The Morgan fingerprint density at radius 1 is 1.33 bits per heavy atom. The van der Waals surface area contributed by atoms with Crippen molar-refractivity contribution in [3.63, 3.8) is 0 Å². The van der Waals surface area contributed by atoms with Gasteiger partial charge in [0, 0.05) is 18.0 Å². The summed E-state index contributed by atoms with van der Waals surface area (Å²) in [7, 11) is 1.97. The van der Waals surface area contributed by atoms with Gasteiger partial charge in [0.15, 0.2) is 0 Å². The molecule has 1 aliphatic carbocycles. The minimum absolute atomic E-state index is 0.300. The molecule has 1 aromatic heterocycles. The Labute approximate surface area is 111 Å². The molecular weight excluding hydrogens is 222 g/mol. The fourth-order valence-corrected chi connectivity index (χ4v) is 3.73. The van der Waals surface area contributed by atoms with E-state index in [1.165, 1.54) is 43.4 Å². The Balaban J connectivity index is 2.45. The molecule has 0 aliphatic heterocycles. The maximum Gasteiger partial charge on any atom is 0.124 e. The number of aryl methyl sites for hydroxylation is 1. The van der Waals surface area contributed by atoms with Crippen molar-refractivity contribution in [1.82, 2.24) is 9.78 Å². The molecule has 0 aromatic carbocycles. The average Bonchev–Trinajstić information content (AvgIpc) is 2.86. The lowest BCUT2D eigenvalue weighted by Gasteiger charge is -2.30. The molecule has 0 radical (unpaired) electrons. The van der Waals surface area contributed by atoms with Crippen LogP contribution in [-0.4, -0.2) is 9.78 Å². The van der Waals surface area contributed by atoms with E-state index >= 15 is 0 Å². The smallest absolute Gasteiger partial charge is 0.124 e. The Hall–Kier alpha value is -0.990. The first-order chi connectivity index (χ1) is 8.50. The fraction of sp³-hybridized carbons (Fsp3) is 0.800. The van der Waals surface area contributed by atoms with Crippen molar-refractivity contribution in [2.45, 2.75) is 64.7 Å². The minimum Gasteiger partial charge on any atom is -0.384 e. The van der Waals surface area contributed by atoms with E-state index in [4.69, 9.17) is 10.8 Å². The second kappa shape index (κ2) is 4.94. The second-order valence-corrected chi connectivity index (χ2v) is 6.27. The number of aromatic nitrogens is 2. The molecule has 1 heterocycles. The maximum absolute atomic E-state index is 6.17. The van der Waals surface area contributed by atoms with Gasteiger partial charge in [0.2, 0.25) is 0 Å². The predicted molar refractivity (Wildman–Crippen MR) is 76.6 cm³/mol. The van der Waals surface area contributed by atoms with Crippen LogP contribution in [0.3, 0.4) is 0 Å². The van der Waals surface area contributed by atoms with Crippen molar-refractivity contribution in [3.05, 3.63) is 11.3 Å². The topological polar surface area (TPSA) is 43.8 Å². The number of nitrogen functional groups attached to an aromatic ring is 1. The van der Waals surface area contributed by atoms with E-state index in [0.29, 0.717) is 5.41 Å². The number of rotatable bonds is 4. The molecule has 0 unspecified atom stereocenters. The molecule has 1 saturated carbocycles. The fourth-order valence-electron chi connectivity index (χ4n) is 3.73. The third kappa shape index (κ3) is 2.15. The van der Waals surface area contributed by atoms with Crippen molar-refractivity contribution < 1.29 is 0 Å². The van der Waals surface area contributed by atoms with Crippen LogP contribution in [-0.2, 0) is 18.9 Å². The van der Waals surface area contributed by atoms with E-state index in [2.05, 4.69) is 20.8 Å². The van der Waals surface area contributed by atoms with Crippen LogP contribution in [0.15, 0.2) is 0 Å². The zero-order valence-electron chi connectivity index (χ0n) is 12.3. The van der Waals surface area contributed by atoms with E-state index in [1.54, 1.807) is 0 Å². The molecule has 0 saturated heterocycles. The standard InChI is InChI=1S/C15H27N3/c1-5-12-13(17-18(4)14(12)16)15(10-11(2)3)8-6-7-9-15/h11H,5-10,16H2,1-4H3. The van der Waals surface area contributed by atoms with Gasteiger partial charge in [-0.3, -0.25) is 4.68 Å². The molecule has 2 rings (SSSR count). The zero-order chi connectivity index (χ0) is 13.3. The largest absolute Gasteiger partial charge is 0.384 e. The van der Waals surface area contributed by atoms with Crippen LogP contribution in [0.2, 0.25) is 0 Å². The summed E-state index contributed by atoms with van der Waals surface area (Å²) in [5.41, 5.74) is 9.07. The van der Waals surface area contributed by atoms with Crippen LogP contribution < -0.4 is 5.73 Å². The Bertz CT molecular complexity index is 412. The van der Waals surface area contributed by atoms with Crippen molar-refractivity contribution in [2.75, 3.05) is 5.73 Å². The van der Waals surface area contributed by atoms with Gasteiger partial charge in [-0.25, -0.2) is 0 Å². The predicted octanol–water partition coefficient (Wildman–Crippen LogP) is 3.42. The Kier molecular flexibility index (Phi) is 3.69. The minimum atomic E-state index is 0.300. The third-order valence-electron chi connectivity index (χ3n) is 4.41. The second-order valence-electron chi connectivity index (χ2n) is 6.27. The first kappa shape index (κ1) is 13.4. The van der Waals surface area contributed by atoms with E-state index in [0.717, 1.165) is 18.2 Å². The summed E-state index contributed by atoms with van der Waals surface area (Å²) in [5, 5.41) is 4.78. The normalized spacial score (nSPS) is 18.7. The summed E-state index contributed by atoms with van der Waals surface area (Å²) in [6.07, 6.45) is 7.49. The van der Waals surface area contributed by atoms with Gasteiger partial charge < -0.3 is 5.73 Å². The van der Waals surface area contributed by atoms with E-state index in [1.807, 2.05) is 11.7 Å². The van der Waals surface area contributed by atoms with Crippen molar-refractivity contribution in [2.24, 2.45) is 13.0 Å². The summed E-state index contributed by atoms with van der Waals surface area (Å²) in [5.74, 6) is 1.58. The molecule has 3 heteroatoms. The van der Waals surface area contributed by atoms with Crippen LogP contribution in [0.1, 0.15) is 64.1 Å². The Morgan fingerprint density at radius 2 is 1.94 bits per heavy atom. The van der Waals surface area contributed by atoms with E-state index < -0.39 is 0 Å². The van der Waals surface area contributed by atoms with Gasteiger partial charge in [0.25, 0.3) is 0 Å². The lowest BCUT2D eigenvalue weighted by Crippen LogP contribution is -2.26. The molecule has 0 spiro atoms. The molecule has 102 valence electrons. The number of anilines is 1. The molecular formula is C15H27N3. The summed E-state index contributed by atoms with van der Waals surface area (Å²) in [6, 6.07) is 0. The Morgan fingerprint density at radius 3 is 2.44 bits per heavy atom. The highest BCUT2D eigenvalue weighted by Gasteiger charge is 2.40. The molecule has 1 aromatic rings. The van der Waals surface area contributed by atoms with Gasteiger partial charge in [0.05, 0.1) is 5.69 Å². The van der Waals surface area contributed by atoms with Gasteiger partial charge in [0.1, 0.15) is 5.82 Å².